The average Bonchev–Trinajstić information content (AvgIpc) is 3.26. The number of anilines is 1. The Balaban J connectivity index is 1.43. The maximum atomic E-state index is 12.1. The molecule has 1 heterocycles. The largest absolute Gasteiger partial charge is 0.573 e. The predicted molar refractivity (Wildman–Crippen MR) is 94.5 cm³/mol. The van der Waals surface area contributed by atoms with Crippen molar-refractivity contribution in [1.82, 2.24) is 15.2 Å². The molecule has 0 atom stereocenters. The predicted octanol–water partition coefficient (Wildman–Crippen LogP) is 4.17. The van der Waals surface area contributed by atoms with Crippen LogP contribution in [0.1, 0.15) is 31.5 Å². The summed E-state index contributed by atoms with van der Waals surface area (Å²) in [4.78, 5) is 16.4. The second-order valence-electron chi connectivity index (χ2n) is 6.33. The number of ether oxygens (including phenoxy) is 1. The van der Waals surface area contributed by atoms with Gasteiger partial charge in [-0.15, -0.1) is 18.3 Å². The van der Waals surface area contributed by atoms with Crippen molar-refractivity contribution in [3.8, 4) is 5.75 Å². The summed E-state index contributed by atoms with van der Waals surface area (Å²) in [6, 6.07) is 4.97. The SMILES string of the molecule is O=C(CSc1n[nH]c(CC2CCCC2)n1)Nc1ccc(OC(F)(F)F)cc1. The summed E-state index contributed by atoms with van der Waals surface area (Å²) in [5.41, 5.74) is 0.382. The Labute approximate surface area is 158 Å². The van der Waals surface area contributed by atoms with E-state index in [9.17, 15) is 18.0 Å². The van der Waals surface area contributed by atoms with E-state index in [4.69, 9.17) is 0 Å². The van der Waals surface area contributed by atoms with Gasteiger partial charge in [0.05, 0.1) is 5.75 Å². The molecule has 1 aromatic heterocycles. The van der Waals surface area contributed by atoms with Crippen LogP contribution in [0.4, 0.5) is 18.9 Å². The highest BCUT2D eigenvalue weighted by Crippen LogP contribution is 2.27. The number of halogens is 3. The number of hydrogen-bond acceptors (Lipinski definition) is 5. The number of H-pyrrole nitrogens is 1. The molecule has 2 N–H and O–H groups in total. The minimum Gasteiger partial charge on any atom is -0.406 e. The lowest BCUT2D eigenvalue weighted by Gasteiger charge is -2.09. The Kier molecular flexibility index (Phi) is 6.25. The lowest BCUT2D eigenvalue weighted by atomic mass is 10.0. The highest BCUT2D eigenvalue weighted by atomic mass is 32.2. The first-order valence-electron chi connectivity index (χ1n) is 8.57. The van der Waals surface area contributed by atoms with Crippen molar-refractivity contribution in [2.45, 2.75) is 43.6 Å². The molecule has 1 aromatic carbocycles. The minimum atomic E-state index is -4.74. The van der Waals surface area contributed by atoms with Crippen molar-refractivity contribution in [2.24, 2.45) is 5.92 Å². The fourth-order valence-corrected chi connectivity index (χ4v) is 3.61. The van der Waals surface area contributed by atoms with Crippen molar-refractivity contribution >= 4 is 23.4 Å². The fourth-order valence-electron chi connectivity index (χ4n) is 2.99. The molecule has 0 spiro atoms. The molecule has 3 rings (SSSR count). The second-order valence-corrected chi connectivity index (χ2v) is 7.27. The standard InChI is InChI=1S/C17H19F3N4O2S/c18-17(19,20)26-13-7-5-12(6-8-13)21-15(25)10-27-16-22-14(23-24-16)9-11-3-1-2-4-11/h5-8,11H,1-4,9-10H2,(H,21,25)(H,22,23,24). The number of rotatable bonds is 7. The van der Waals surface area contributed by atoms with Crippen molar-refractivity contribution in [1.29, 1.82) is 0 Å². The van der Waals surface area contributed by atoms with Gasteiger partial charge in [0.25, 0.3) is 0 Å². The number of alkyl halides is 3. The van der Waals surface area contributed by atoms with E-state index in [0.29, 0.717) is 16.8 Å². The van der Waals surface area contributed by atoms with Gasteiger partial charge < -0.3 is 10.1 Å². The van der Waals surface area contributed by atoms with Crippen LogP contribution in [0.3, 0.4) is 0 Å². The number of aromatic amines is 1. The van der Waals surface area contributed by atoms with Crippen LogP contribution in [0, 0.1) is 5.92 Å². The van der Waals surface area contributed by atoms with Crippen molar-refractivity contribution < 1.29 is 22.7 Å². The molecule has 1 saturated carbocycles. The van der Waals surface area contributed by atoms with Crippen molar-refractivity contribution in [3.63, 3.8) is 0 Å². The molecule has 0 radical (unpaired) electrons. The fraction of sp³-hybridized carbons (Fsp3) is 0.471. The van der Waals surface area contributed by atoms with Gasteiger partial charge >= 0.3 is 6.36 Å². The first-order valence-corrected chi connectivity index (χ1v) is 9.56. The molecule has 0 aliphatic heterocycles. The molecule has 0 saturated heterocycles. The van der Waals surface area contributed by atoms with E-state index in [1.807, 2.05) is 0 Å². The van der Waals surface area contributed by atoms with E-state index in [1.54, 1.807) is 0 Å². The lowest BCUT2D eigenvalue weighted by molar-refractivity contribution is -0.274. The molecular weight excluding hydrogens is 381 g/mol. The van der Waals surface area contributed by atoms with Gasteiger partial charge in [0.1, 0.15) is 11.6 Å². The molecule has 27 heavy (non-hydrogen) atoms. The number of benzene rings is 1. The maximum Gasteiger partial charge on any atom is 0.573 e. The molecular formula is C17H19F3N4O2S. The summed E-state index contributed by atoms with van der Waals surface area (Å²) in [7, 11) is 0. The third-order valence-electron chi connectivity index (χ3n) is 4.17. The minimum absolute atomic E-state index is 0.0987. The van der Waals surface area contributed by atoms with E-state index in [0.717, 1.165) is 24.4 Å². The number of aromatic nitrogens is 3. The summed E-state index contributed by atoms with van der Waals surface area (Å²) in [6.45, 7) is 0. The monoisotopic (exact) mass is 400 g/mol. The van der Waals surface area contributed by atoms with Crippen LogP contribution < -0.4 is 10.1 Å². The quantitative estimate of drug-likeness (QED) is 0.682. The van der Waals surface area contributed by atoms with Crippen LogP contribution in [-0.4, -0.2) is 33.2 Å². The topological polar surface area (TPSA) is 79.9 Å². The van der Waals surface area contributed by atoms with Gasteiger partial charge in [0.15, 0.2) is 0 Å². The third kappa shape index (κ3) is 6.46. The molecule has 1 aliphatic carbocycles. The van der Waals surface area contributed by atoms with Gasteiger partial charge in [-0.2, -0.15) is 0 Å². The first kappa shape index (κ1) is 19.5. The smallest absolute Gasteiger partial charge is 0.406 e. The summed E-state index contributed by atoms with van der Waals surface area (Å²) in [5.74, 6) is 0.951. The second kappa shape index (κ2) is 8.64. The van der Waals surface area contributed by atoms with E-state index in [2.05, 4.69) is 25.2 Å². The maximum absolute atomic E-state index is 12.1. The summed E-state index contributed by atoms with van der Waals surface area (Å²) in [5, 5.41) is 10.1. The van der Waals surface area contributed by atoms with Crippen LogP contribution in [0.5, 0.6) is 5.75 Å². The van der Waals surface area contributed by atoms with Gasteiger partial charge in [-0.25, -0.2) is 4.98 Å². The number of carbonyl (C=O) groups excluding carboxylic acids is 1. The Morgan fingerprint density at radius 3 is 2.63 bits per heavy atom. The number of nitrogens with one attached hydrogen (secondary N) is 2. The number of hydrogen-bond donors (Lipinski definition) is 2. The van der Waals surface area contributed by atoms with Gasteiger partial charge in [0.2, 0.25) is 11.1 Å². The molecule has 146 valence electrons. The zero-order valence-electron chi connectivity index (χ0n) is 14.4. The lowest BCUT2D eigenvalue weighted by Crippen LogP contribution is -2.17. The molecule has 6 nitrogen and oxygen atoms in total. The first-order chi connectivity index (χ1) is 12.9. The van der Waals surface area contributed by atoms with E-state index in [1.165, 1.54) is 49.6 Å². The zero-order chi connectivity index (χ0) is 19.3. The van der Waals surface area contributed by atoms with E-state index in [-0.39, 0.29) is 17.4 Å². The highest BCUT2D eigenvalue weighted by Gasteiger charge is 2.31. The highest BCUT2D eigenvalue weighted by molar-refractivity contribution is 7.99. The van der Waals surface area contributed by atoms with Gasteiger partial charge in [-0.05, 0) is 30.2 Å². The van der Waals surface area contributed by atoms with Gasteiger partial charge in [-0.3, -0.25) is 9.89 Å². The number of amides is 1. The zero-order valence-corrected chi connectivity index (χ0v) is 15.2. The Bertz CT molecular complexity index is 758. The normalized spacial score (nSPS) is 15.1. The van der Waals surface area contributed by atoms with Crippen LogP contribution in [-0.2, 0) is 11.2 Å². The van der Waals surface area contributed by atoms with E-state index < -0.39 is 6.36 Å². The van der Waals surface area contributed by atoms with E-state index >= 15 is 0 Å². The van der Waals surface area contributed by atoms with Gasteiger partial charge in [-0.1, -0.05) is 37.4 Å². The average molecular weight is 400 g/mol. The Morgan fingerprint density at radius 1 is 1.26 bits per heavy atom. The Morgan fingerprint density at radius 2 is 1.96 bits per heavy atom. The Hall–Kier alpha value is -2.23. The number of thioether (sulfide) groups is 1. The van der Waals surface area contributed by atoms with Crippen LogP contribution >= 0.6 is 11.8 Å². The summed E-state index contributed by atoms with van der Waals surface area (Å²) in [6.07, 6.45) is 1.12. The molecule has 1 fully saturated rings. The molecule has 0 unspecified atom stereocenters. The van der Waals surface area contributed by atoms with Crippen molar-refractivity contribution in [3.05, 3.63) is 30.1 Å². The molecule has 0 bridgehead atoms. The van der Waals surface area contributed by atoms with Crippen LogP contribution in [0.15, 0.2) is 29.4 Å². The van der Waals surface area contributed by atoms with Crippen LogP contribution in [0.25, 0.3) is 0 Å². The molecule has 1 amide bonds. The summed E-state index contributed by atoms with van der Waals surface area (Å²) >= 11 is 1.20. The number of nitrogens with zero attached hydrogens (tertiary/aromatic N) is 2. The van der Waals surface area contributed by atoms with Crippen LogP contribution in [0.2, 0.25) is 0 Å². The van der Waals surface area contributed by atoms with Crippen molar-refractivity contribution in [2.75, 3.05) is 11.1 Å². The molecule has 1 aliphatic rings. The third-order valence-corrected chi connectivity index (χ3v) is 5.02. The molecule has 10 heteroatoms. The molecule has 2 aromatic rings. The van der Waals surface area contributed by atoms with Gasteiger partial charge in [0, 0.05) is 12.1 Å². The summed E-state index contributed by atoms with van der Waals surface area (Å²) < 4.78 is 40.1. The number of carbonyl (C=O) groups is 1.